The first-order valence-corrected chi connectivity index (χ1v) is 9.58. The van der Waals surface area contributed by atoms with E-state index in [0.717, 1.165) is 11.3 Å². The van der Waals surface area contributed by atoms with Crippen LogP contribution in [0.3, 0.4) is 0 Å². The molecule has 1 amide bonds. The van der Waals surface area contributed by atoms with Crippen molar-refractivity contribution in [3.63, 3.8) is 0 Å². The number of hydrogen-bond acceptors (Lipinski definition) is 4. The SMILES string of the molecule is CCC(=O)Nc1cccc([C@@H]2NC(=S)N(CC)C(C)=C2C(=O)OC(C)C)c1. The summed E-state index contributed by atoms with van der Waals surface area (Å²) >= 11 is 5.49. The summed E-state index contributed by atoms with van der Waals surface area (Å²) in [5.41, 5.74) is 2.81. The van der Waals surface area contributed by atoms with Crippen molar-refractivity contribution in [2.75, 3.05) is 11.9 Å². The zero-order valence-electron chi connectivity index (χ0n) is 16.5. The standard InChI is InChI=1S/C20H27N3O3S/c1-6-16(24)21-15-10-8-9-14(11-15)18-17(19(25)26-12(3)4)13(5)23(7-2)20(27)22-18/h8-12,18H,6-7H2,1-5H3,(H,21,24)(H,22,27)/t18-/m0/s1. The molecule has 0 aliphatic carbocycles. The van der Waals surface area contributed by atoms with Gasteiger partial charge in [0, 0.05) is 24.4 Å². The summed E-state index contributed by atoms with van der Waals surface area (Å²) < 4.78 is 5.48. The van der Waals surface area contributed by atoms with Crippen LogP contribution in [0.5, 0.6) is 0 Å². The van der Waals surface area contributed by atoms with E-state index in [9.17, 15) is 9.59 Å². The Kier molecular flexibility index (Phi) is 6.96. The third-order valence-electron chi connectivity index (χ3n) is 4.30. The van der Waals surface area contributed by atoms with Crippen LogP contribution >= 0.6 is 12.2 Å². The maximum atomic E-state index is 12.8. The van der Waals surface area contributed by atoms with Crippen LogP contribution in [0.2, 0.25) is 0 Å². The predicted molar refractivity (Wildman–Crippen MR) is 110 cm³/mol. The maximum absolute atomic E-state index is 12.8. The molecule has 0 radical (unpaired) electrons. The lowest BCUT2D eigenvalue weighted by Crippen LogP contribution is -2.47. The van der Waals surface area contributed by atoms with E-state index in [1.165, 1.54) is 0 Å². The van der Waals surface area contributed by atoms with Gasteiger partial charge in [-0.15, -0.1) is 0 Å². The number of amides is 1. The van der Waals surface area contributed by atoms with Crippen LogP contribution in [0.1, 0.15) is 52.6 Å². The topological polar surface area (TPSA) is 70.7 Å². The third kappa shape index (κ3) is 4.86. The summed E-state index contributed by atoms with van der Waals surface area (Å²) in [4.78, 5) is 26.4. The van der Waals surface area contributed by atoms with Crippen molar-refractivity contribution in [2.45, 2.75) is 53.2 Å². The van der Waals surface area contributed by atoms with Crippen molar-refractivity contribution in [3.05, 3.63) is 41.1 Å². The Morgan fingerprint density at radius 1 is 1.33 bits per heavy atom. The van der Waals surface area contributed by atoms with E-state index in [4.69, 9.17) is 17.0 Å². The van der Waals surface area contributed by atoms with Crippen molar-refractivity contribution >= 4 is 34.9 Å². The normalized spacial score (nSPS) is 17.0. The molecule has 0 saturated heterocycles. The van der Waals surface area contributed by atoms with E-state index in [0.29, 0.717) is 29.3 Å². The molecule has 0 unspecified atom stereocenters. The van der Waals surface area contributed by atoms with Gasteiger partial charge in [-0.2, -0.15) is 0 Å². The van der Waals surface area contributed by atoms with Crippen molar-refractivity contribution < 1.29 is 14.3 Å². The van der Waals surface area contributed by atoms with E-state index >= 15 is 0 Å². The minimum absolute atomic E-state index is 0.0670. The first kappa shape index (κ1) is 20.9. The molecule has 1 aliphatic rings. The molecule has 1 aromatic carbocycles. The highest BCUT2D eigenvalue weighted by molar-refractivity contribution is 7.80. The predicted octanol–water partition coefficient (Wildman–Crippen LogP) is 3.51. The molecule has 0 spiro atoms. The van der Waals surface area contributed by atoms with Crippen molar-refractivity contribution in [2.24, 2.45) is 0 Å². The molecule has 0 bridgehead atoms. The third-order valence-corrected chi connectivity index (χ3v) is 4.64. The van der Waals surface area contributed by atoms with Crippen LogP contribution in [0.4, 0.5) is 5.69 Å². The lowest BCUT2D eigenvalue weighted by molar-refractivity contribution is -0.143. The Bertz CT molecular complexity index is 773. The van der Waals surface area contributed by atoms with E-state index in [-0.39, 0.29) is 18.0 Å². The summed E-state index contributed by atoms with van der Waals surface area (Å²) in [6, 6.07) is 6.98. The number of benzene rings is 1. The summed E-state index contributed by atoms with van der Waals surface area (Å²) in [5, 5.41) is 6.66. The molecule has 1 aromatic rings. The molecule has 1 heterocycles. The van der Waals surface area contributed by atoms with E-state index in [2.05, 4.69) is 10.6 Å². The van der Waals surface area contributed by atoms with Gasteiger partial charge >= 0.3 is 5.97 Å². The molecular weight excluding hydrogens is 362 g/mol. The molecule has 1 atom stereocenters. The lowest BCUT2D eigenvalue weighted by Gasteiger charge is -2.37. The monoisotopic (exact) mass is 389 g/mol. The van der Waals surface area contributed by atoms with E-state index in [1.54, 1.807) is 6.92 Å². The summed E-state index contributed by atoms with van der Waals surface area (Å²) in [7, 11) is 0. The van der Waals surface area contributed by atoms with Gasteiger partial charge in [-0.3, -0.25) is 4.79 Å². The number of ether oxygens (including phenoxy) is 1. The average Bonchev–Trinajstić information content (AvgIpc) is 2.60. The Hall–Kier alpha value is -2.41. The number of allylic oxidation sites excluding steroid dienone is 1. The average molecular weight is 390 g/mol. The highest BCUT2D eigenvalue weighted by Crippen LogP contribution is 2.32. The fourth-order valence-electron chi connectivity index (χ4n) is 3.00. The van der Waals surface area contributed by atoms with Crippen LogP contribution < -0.4 is 10.6 Å². The van der Waals surface area contributed by atoms with Crippen molar-refractivity contribution in [1.29, 1.82) is 0 Å². The zero-order chi connectivity index (χ0) is 20.1. The minimum Gasteiger partial charge on any atom is -0.459 e. The van der Waals surface area contributed by atoms with Crippen LogP contribution in [-0.2, 0) is 14.3 Å². The van der Waals surface area contributed by atoms with Crippen molar-refractivity contribution in [3.8, 4) is 0 Å². The van der Waals surface area contributed by atoms with Gasteiger partial charge < -0.3 is 20.3 Å². The van der Waals surface area contributed by atoms with Gasteiger partial charge in [0.25, 0.3) is 0 Å². The Balaban J connectivity index is 2.47. The van der Waals surface area contributed by atoms with Crippen LogP contribution in [0.25, 0.3) is 0 Å². The molecule has 0 fully saturated rings. The molecule has 2 rings (SSSR count). The fourth-order valence-corrected chi connectivity index (χ4v) is 3.38. The second-order valence-electron chi connectivity index (χ2n) is 6.61. The number of nitrogens with one attached hydrogen (secondary N) is 2. The van der Waals surface area contributed by atoms with Gasteiger partial charge in [-0.1, -0.05) is 19.1 Å². The Morgan fingerprint density at radius 3 is 2.63 bits per heavy atom. The quantitative estimate of drug-likeness (QED) is 0.573. The largest absolute Gasteiger partial charge is 0.459 e. The van der Waals surface area contributed by atoms with Gasteiger partial charge in [-0.25, -0.2) is 4.79 Å². The summed E-state index contributed by atoms with van der Waals surface area (Å²) in [6.45, 7) is 9.94. The van der Waals surface area contributed by atoms with Crippen molar-refractivity contribution in [1.82, 2.24) is 10.2 Å². The second kappa shape index (κ2) is 8.99. The van der Waals surface area contributed by atoms with Gasteiger partial charge in [-0.05, 0) is 57.6 Å². The first-order valence-electron chi connectivity index (χ1n) is 9.18. The molecular formula is C20H27N3O3S. The van der Waals surface area contributed by atoms with E-state index in [1.807, 2.05) is 56.9 Å². The number of esters is 1. The van der Waals surface area contributed by atoms with Gasteiger partial charge in [0.2, 0.25) is 5.91 Å². The second-order valence-corrected chi connectivity index (χ2v) is 6.99. The summed E-state index contributed by atoms with van der Waals surface area (Å²) in [6.07, 6.45) is 0.171. The number of hydrogen-bond donors (Lipinski definition) is 2. The number of rotatable bonds is 6. The van der Waals surface area contributed by atoms with Crippen LogP contribution in [0.15, 0.2) is 35.5 Å². The molecule has 0 aromatic heterocycles. The number of nitrogens with zero attached hydrogens (tertiary/aromatic N) is 1. The highest BCUT2D eigenvalue weighted by atomic mass is 32.1. The molecule has 7 heteroatoms. The molecule has 146 valence electrons. The number of carbonyl (C=O) groups is 2. The van der Waals surface area contributed by atoms with Gasteiger partial charge in [0.15, 0.2) is 5.11 Å². The number of carbonyl (C=O) groups excluding carboxylic acids is 2. The van der Waals surface area contributed by atoms with Gasteiger partial charge in [0.05, 0.1) is 17.7 Å². The lowest BCUT2D eigenvalue weighted by atomic mass is 9.94. The molecule has 1 aliphatic heterocycles. The molecule has 2 N–H and O–H groups in total. The molecule has 27 heavy (non-hydrogen) atoms. The summed E-state index contributed by atoms with van der Waals surface area (Å²) in [5.74, 6) is -0.438. The molecule has 6 nitrogen and oxygen atoms in total. The number of thiocarbonyl (C=S) groups is 1. The van der Waals surface area contributed by atoms with Gasteiger partial charge in [0.1, 0.15) is 0 Å². The minimum atomic E-state index is -0.440. The first-order chi connectivity index (χ1) is 12.8. The maximum Gasteiger partial charge on any atom is 0.338 e. The Labute approximate surface area is 166 Å². The Morgan fingerprint density at radius 2 is 2.04 bits per heavy atom. The highest BCUT2D eigenvalue weighted by Gasteiger charge is 2.34. The number of anilines is 1. The molecule has 0 saturated carbocycles. The fraction of sp³-hybridized carbons (Fsp3) is 0.450. The van der Waals surface area contributed by atoms with Crippen LogP contribution in [0, 0.1) is 0 Å². The van der Waals surface area contributed by atoms with Crippen LogP contribution in [-0.4, -0.2) is 34.5 Å². The zero-order valence-corrected chi connectivity index (χ0v) is 17.3. The smallest absolute Gasteiger partial charge is 0.338 e. The van der Waals surface area contributed by atoms with E-state index < -0.39 is 6.04 Å².